The highest BCUT2D eigenvalue weighted by atomic mass is 35.5. The molecule has 0 aliphatic carbocycles. The summed E-state index contributed by atoms with van der Waals surface area (Å²) in [6.45, 7) is 13.5. The second-order valence-electron chi connectivity index (χ2n) is 6.00. The fourth-order valence-corrected chi connectivity index (χ4v) is 8.59. The summed E-state index contributed by atoms with van der Waals surface area (Å²) in [4.78, 5) is 0. The number of nitrogens with zero attached hydrogens (tertiary/aromatic N) is 2. The zero-order valence-corrected chi connectivity index (χ0v) is 15.0. The third-order valence-corrected chi connectivity index (χ3v) is 10.1. The smallest absolute Gasteiger partial charge is 0.258 e. The highest BCUT2D eigenvalue weighted by Crippen LogP contribution is 2.44. The van der Waals surface area contributed by atoms with E-state index in [2.05, 4.69) is 51.7 Å². The van der Waals surface area contributed by atoms with Gasteiger partial charge in [0.05, 0.1) is 0 Å². The lowest BCUT2D eigenvalue weighted by Gasteiger charge is -2.42. The predicted octanol–water partition coefficient (Wildman–Crippen LogP) is 5.21. The number of aromatic nitrogens is 2. The molecule has 1 aromatic rings. The van der Waals surface area contributed by atoms with E-state index in [1.165, 1.54) is 5.54 Å². The van der Waals surface area contributed by atoms with Gasteiger partial charge in [0.2, 0.25) is 0 Å². The molecule has 1 aromatic heterocycles. The number of halogens is 1. The van der Waals surface area contributed by atoms with Crippen LogP contribution in [-0.2, 0) is 4.43 Å². The Morgan fingerprint density at radius 3 is 2.05 bits per heavy atom. The van der Waals surface area contributed by atoms with E-state index in [1.807, 2.05) is 12.1 Å². The van der Waals surface area contributed by atoms with Crippen LogP contribution in [0.2, 0.25) is 16.6 Å². The van der Waals surface area contributed by atoms with Gasteiger partial charge in [-0.05, 0) is 28.8 Å². The van der Waals surface area contributed by atoms with Crippen molar-refractivity contribution in [2.45, 2.75) is 58.2 Å². The molecule has 0 aromatic carbocycles. The van der Waals surface area contributed by atoms with Gasteiger partial charge in [0, 0.05) is 11.7 Å². The zero-order chi connectivity index (χ0) is 15.3. The number of hydrogen-bond donors (Lipinski definition) is 0. The molecule has 0 atom stereocenters. The standard InChI is InChI=1S/C15H25ClN2OSi/c1-11(2)20(12(3)4,13(5)6)19-15(10-16)14-8-7-9-17-18-14/h7-13H,1-6H3. The molecule has 0 N–H and O–H groups in total. The summed E-state index contributed by atoms with van der Waals surface area (Å²) in [5.74, 6) is 0.641. The SMILES string of the molecule is CC(C)[Si](OC(=CCl)c1cccnn1)(C(C)C)C(C)C. The van der Waals surface area contributed by atoms with Crippen LogP contribution in [0.5, 0.6) is 0 Å². The molecule has 0 radical (unpaired) electrons. The quantitative estimate of drug-likeness (QED) is 0.534. The maximum Gasteiger partial charge on any atom is 0.258 e. The van der Waals surface area contributed by atoms with Crippen molar-refractivity contribution in [3.05, 3.63) is 29.6 Å². The van der Waals surface area contributed by atoms with Crippen LogP contribution in [-0.4, -0.2) is 18.5 Å². The molecule has 0 unspecified atom stereocenters. The van der Waals surface area contributed by atoms with Crippen molar-refractivity contribution in [1.29, 1.82) is 0 Å². The van der Waals surface area contributed by atoms with E-state index in [9.17, 15) is 0 Å². The van der Waals surface area contributed by atoms with Crippen LogP contribution in [0.4, 0.5) is 0 Å². The summed E-state index contributed by atoms with van der Waals surface area (Å²) >= 11 is 5.99. The minimum Gasteiger partial charge on any atom is -0.541 e. The first-order valence-corrected chi connectivity index (χ1v) is 9.71. The van der Waals surface area contributed by atoms with Crippen LogP contribution in [0.25, 0.3) is 5.76 Å². The fraction of sp³-hybridized carbons (Fsp3) is 0.600. The van der Waals surface area contributed by atoms with Gasteiger partial charge >= 0.3 is 0 Å². The van der Waals surface area contributed by atoms with E-state index in [0.717, 1.165) is 0 Å². The molecule has 0 aliphatic heterocycles. The Kier molecular flexibility index (Phi) is 6.21. The van der Waals surface area contributed by atoms with Gasteiger partial charge in [0.1, 0.15) is 11.5 Å². The van der Waals surface area contributed by atoms with Gasteiger partial charge in [-0.25, -0.2) is 0 Å². The second kappa shape index (κ2) is 7.23. The average Bonchev–Trinajstić information content (AvgIpc) is 2.39. The van der Waals surface area contributed by atoms with Gasteiger partial charge in [0.15, 0.2) is 0 Å². The van der Waals surface area contributed by atoms with Crippen molar-refractivity contribution in [2.75, 3.05) is 0 Å². The third kappa shape index (κ3) is 3.41. The Morgan fingerprint density at radius 1 is 1.15 bits per heavy atom. The Morgan fingerprint density at radius 2 is 1.70 bits per heavy atom. The normalized spacial score (nSPS) is 13.4. The van der Waals surface area contributed by atoms with Crippen molar-refractivity contribution in [1.82, 2.24) is 10.2 Å². The van der Waals surface area contributed by atoms with Crippen molar-refractivity contribution in [3.8, 4) is 0 Å². The molecule has 3 nitrogen and oxygen atoms in total. The maximum absolute atomic E-state index is 6.52. The van der Waals surface area contributed by atoms with Crippen LogP contribution in [0.1, 0.15) is 47.2 Å². The monoisotopic (exact) mass is 312 g/mol. The Balaban J connectivity index is 3.18. The van der Waals surface area contributed by atoms with E-state index in [0.29, 0.717) is 28.1 Å². The van der Waals surface area contributed by atoms with Crippen LogP contribution in [0, 0.1) is 0 Å². The molecule has 0 fully saturated rings. The van der Waals surface area contributed by atoms with Crippen molar-refractivity contribution in [2.24, 2.45) is 0 Å². The summed E-state index contributed by atoms with van der Waals surface area (Å²) < 4.78 is 6.52. The molecule has 5 heteroatoms. The molecule has 0 spiro atoms. The minimum atomic E-state index is -2.01. The molecule has 20 heavy (non-hydrogen) atoms. The summed E-state index contributed by atoms with van der Waals surface area (Å²) in [6.07, 6.45) is 1.65. The van der Waals surface area contributed by atoms with Gasteiger partial charge in [-0.2, -0.15) is 5.10 Å². The molecule has 0 bridgehead atoms. The van der Waals surface area contributed by atoms with E-state index in [4.69, 9.17) is 16.0 Å². The second-order valence-corrected chi connectivity index (χ2v) is 11.6. The summed E-state index contributed by atoms with van der Waals surface area (Å²) in [6, 6.07) is 3.72. The molecular weight excluding hydrogens is 288 g/mol. The molecule has 112 valence electrons. The first-order chi connectivity index (χ1) is 9.36. The van der Waals surface area contributed by atoms with E-state index in [-0.39, 0.29) is 0 Å². The molecule has 1 rings (SSSR count). The number of rotatable bonds is 6. The Labute approximate surface area is 128 Å². The molecule has 0 aliphatic rings. The summed E-state index contributed by atoms with van der Waals surface area (Å²) in [5.41, 5.74) is 3.66. The molecule has 1 heterocycles. The zero-order valence-electron chi connectivity index (χ0n) is 13.2. The molecule has 0 saturated carbocycles. The van der Waals surface area contributed by atoms with Gasteiger partial charge in [-0.1, -0.05) is 53.1 Å². The topological polar surface area (TPSA) is 35.0 Å². The van der Waals surface area contributed by atoms with Crippen molar-refractivity contribution in [3.63, 3.8) is 0 Å². The largest absolute Gasteiger partial charge is 0.541 e. The first kappa shape index (κ1) is 17.2. The third-order valence-electron chi connectivity index (χ3n) is 3.92. The van der Waals surface area contributed by atoms with Crippen LogP contribution in [0.3, 0.4) is 0 Å². The Bertz CT molecular complexity index is 425. The average molecular weight is 313 g/mol. The lowest BCUT2D eigenvalue weighted by molar-refractivity contribution is 0.442. The minimum absolute atomic E-state index is 0.491. The lowest BCUT2D eigenvalue weighted by Crippen LogP contribution is -2.47. The van der Waals surface area contributed by atoms with Crippen LogP contribution in [0.15, 0.2) is 23.9 Å². The lowest BCUT2D eigenvalue weighted by atomic mass is 10.3. The maximum atomic E-state index is 6.52. The molecular formula is C15H25ClN2OSi. The highest BCUT2D eigenvalue weighted by Gasteiger charge is 2.47. The summed E-state index contributed by atoms with van der Waals surface area (Å²) in [5, 5.41) is 8.01. The predicted molar refractivity (Wildman–Crippen MR) is 88.0 cm³/mol. The van der Waals surface area contributed by atoms with E-state index < -0.39 is 8.32 Å². The number of hydrogen-bond acceptors (Lipinski definition) is 3. The van der Waals surface area contributed by atoms with Gasteiger partial charge < -0.3 is 4.43 Å². The van der Waals surface area contributed by atoms with Gasteiger partial charge in [-0.3, -0.25) is 0 Å². The van der Waals surface area contributed by atoms with Crippen molar-refractivity contribution < 1.29 is 4.43 Å². The van der Waals surface area contributed by atoms with Crippen LogP contribution >= 0.6 is 11.6 Å². The molecule has 0 amide bonds. The van der Waals surface area contributed by atoms with Gasteiger partial charge in [-0.15, -0.1) is 5.10 Å². The first-order valence-electron chi connectivity index (χ1n) is 7.13. The van der Waals surface area contributed by atoms with E-state index >= 15 is 0 Å². The fourth-order valence-electron chi connectivity index (χ4n) is 3.11. The van der Waals surface area contributed by atoms with Gasteiger partial charge in [0.25, 0.3) is 8.32 Å². The van der Waals surface area contributed by atoms with E-state index in [1.54, 1.807) is 6.20 Å². The Hall–Kier alpha value is -0.873. The highest BCUT2D eigenvalue weighted by molar-refractivity contribution is 6.78. The molecule has 0 saturated heterocycles. The van der Waals surface area contributed by atoms with Crippen LogP contribution < -0.4 is 0 Å². The van der Waals surface area contributed by atoms with Crippen molar-refractivity contribution >= 4 is 25.7 Å². The summed E-state index contributed by atoms with van der Waals surface area (Å²) in [7, 11) is -2.01.